The van der Waals surface area contributed by atoms with Crippen molar-refractivity contribution in [3.63, 3.8) is 0 Å². The van der Waals surface area contributed by atoms with Crippen molar-refractivity contribution < 1.29 is 9.53 Å². The van der Waals surface area contributed by atoms with Crippen molar-refractivity contribution in [2.75, 3.05) is 7.11 Å². The Labute approximate surface area is 184 Å². The number of aromatic nitrogens is 4. The van der Waals surface area contributed by atoms with Crippen LogP contribution in [0.1, 0.15) is 37.0 Å². The van der Waals surface area contributed by atoms with Crippen molar-refractivity contribution >= 4 is 34.2 Å². The number of thioether (sulfide) groups is 1. The molecule has 1 unspecified atom stereocenters. The molecule has 160 valence electrons. The number of ketones is 1. The molecule has 4 aromatic rings. The van der Waals surface area contributed by atoms with Crippen LogP contribution in [0.5, 0.6) is 5.75 Å². The van der Waals surface area contributed by atoms with Crippen LogP contribution in [0.3, 0.4) is 0 Å². The van der Waals surface area contributed by atoms with Gasteiger partial charge in [0.2, 0.25) is 5.78 Å². The molecule has 2 heterocycles. The largest absolute Gasteiger partial charge is 0.497 e. The highest BCUT2D eigenvalue weighted by Crippen LogP contribution is 2.27. The quantitative estimate of drug-likeness (QED) is 0.304. The van der Waals surface area contributed by atoms with Crippen molar-refractivity contribution in [1.29, 1.82) is 0 Å². The Morgan fingerprint density at radius 2 is 1.87 bits per heavy atom. The number of carbonyl (C=O) groups is 1. The molecule has 0 fully saturated rings. The van der Waals surface area contributed by atoms with Gasteiger partial charge >= 0.3 is 0 Å². The van der Waals surface area contributed by atoms with Gasteiger partial charge in [0.1, 0.15) is 5.75 Å². The number of hydrogen-bond acceptors (Lipinski definition) is 6. The van der Waals surface area contributed by atoms with Crippen LogP contribution in [-0.2, 0) is 6.54 Å². The fourth-order valence-electron chi connectivity index (χ4n) is 3.53. The fourth-order valence-corrected chi connectivity index (χ4v) is 4.46. The molecule has 0 N–H and O–H groups in total. The molecular formula is C23H24N4O3S. The zero-order chi connectivity index (χ0) is 22.0. The lowest BCUT2D eigenvalue weighted by molar-refractivity contribution is 0.0994. The molecule has 0 amide bonds. The second-order valence-corrected chi connectivity index (χ2v) is 8.61. The smallest absolute Gasteiger partial charge is 0.262 e. The molecule has 8 heteroatoms. The molecule has 2 aromatic carbocycles. The predicted molar refractivity (Wildman–Crippen MR) is 122 cm³/mol. The maximum Gasteiger partial charge on any atom is 0.262 e. The van der Waals surface area contributed by atoms with Crippen LogP contribution in [0.15, 0.2) is 58.5 Å². The van der Waals surface area contributed by atoms with Gasteiger partial charge in [-0.25, -0.2) is 0 Å². The first-order valence-corrected chi connectivity index (χ1v) is 11.1. The summed E-state index contributed by atoms with van der Waals surface area (Å²) >= 11 is 1.34. The first kappa shape index (κ1) is 21.1. The third kappa shape index (κ3) is 3.95. The van der Waals surface area contributed by atoms with Gasteiger partial charge in [0.25, 0.3) is 5.56 Å². The monoisotopic (exact) mass is 436 g/mol. The Bertz CT molecular complexity index is 1290. The number of para-hydroxylation sites is 1. The number of rotatable bonds is 8. The minimum atomic E-state index is -0.379. The number of fused-ring (bicyclic) bond motifs is 3. The number of hydrogen-bond donors (Lipinski definition) is 0. The van der Waals surface area contributed by atoms with Crippen LogP contribution in [0.25, 0.3) is 16.7 Å². The van der Waals surface area contributed by atoms with E-state index in [1.54, 1.807) is 35.9 Å². The molecule has 0 spiro atoms. The Kier molecular flexibility index (Phi) is 6.08. The number of nitrogens with zero attached hydrogens (tertiary/aromatic N) is 4. The van der Waals surface area contributed by atoms with Gasteiger partial charge in [-0.2, -0.15) is 0 Å². The van der Waals surface area contributed by atoms with Crippen LogP contribution in [-0.4, -0.2) is 37.3 Å². The van der Waals surface area contributed by atoms with E-state index in [0.717, 1.165) is 18.4 Å². The molecule has 0 bridgehead atoms. The molecular weight excluding hydrogens is 412 g/mol. The average Bonchev–Trinajstić information content (AvgIpc) is 3.22. The molecule has 0 radical (unpaired) electrons. The van der Waals surface area contributed by atoms with Crippen LogP contribution >= 0.6 is 11.8 Å². The Morgan fingerprint density at radius 1 is 1.13 bits per heavy atom. The van der Waals surface area contributed by atoms with Gasteiger partial charge < -0.3 is 4.74 Å². The Balaban J connectivity index is 1.75. The van der Waals surface area contributed by atoms with E-state index in [-0.39, 0.29) is 16.6 Å². The lowest BCUT2D eigenvalue weighted by Gasteiger charge is -2.12. The molecule has 7 nitrogen and oxygen atoms in total. The third-order valence-corrected chi connectivity index (χ3v) is 6.28. The molecule has 0 aliphatic heterocycles. The summed E-state index contributed by atoms with van der Waals surface area (Å²) in [4.78, 5) is 26.0. The topological polar surface area (TPSA) is 78.5 Å². The molecule has 0 saturated carbocycles. The Morgan fingerprint density at radius 3 is 2.58 bits per heavy atom. The van der Waals surface area contributed by atoms with E-state index in [4.69, 9.17) is 4.74 Å². The van der Waals surface area contributed by atoms with Crippen LogP contribution in [0.2, 0.25) is 0 Å². The van der Waals surface area contributed by atoms with E-state index in [0.29, 0.717) is 34.2 Å². The Hall–Kier alpha value is -3.13. The van der Waals surface area contributed by atoms with E-state index < -0.39 is 0 Å². The summed E-state index contributed by atoms with van der Waals surface area (Å²) in [7, 11) is 1.59. The number of Topliss-reactive ketones (excluding diaryl/α,β-unsaturated/α-hetero) is 1. The highest BCUT2D eigenvalue weighted by atomic mass is 32.2. The number of benzene rings is 2. The summed E-state index contributed by atoms with van der Waals surface area (Å²) in [5, 5.41) is 9.48. The summed E-state index contributed by atoms with van der Waals surface area (Å²) in [6, 6.07) is 14.5. The SMILES string of the molecule is CCCCn1c(=O)c2ccccc2n2c(SC(C)C(=O)c3ccc(OC)cc3)nnc12. The van der Waals surface area contributed by atoms with Gasteiger partial charge in [-0.1, -0.05) is 37.2 Å². The van der Waals surface area contributed by atoms with Crippen LogP contribution < -0.4 is 10.3 Å². The summed E-state index contributed by atoms with van der Waals surface area (Å²) in [5.41, 5.74) is 1.29. The lowest BCUT2D eigenvalue weighted by atomic mass is 10.1. The molecule has 31 heavy (non-hydrogen) atoms. The van der Waals surface area contributed by atoms with E-state index in [2.05, 4.69) is 17.1 Å². The first-order chi connectivity index (χ1) is 15.0. The average molecular weight is 437 g/mol. The van der Waals surface area contributed by atoms with Crippen molar-refractivity contribution in [2.24, 2.45) is 0 Å². The number of unbranched alkanes of at least 4 members (excludes halogenated alkanes) is 1. The van der Waals surface area contributed by atoms with Crippen molar-refractivity contribution in [2.45, 2.75) is 43.6 Å². The van der Waals surface area contributed by atoms with Gasteiger partial charge in [-0.15, -0.1) is 10.2 Å². The molecule has 1 atom stereocenters. The molecule has 4 rings (SSSR count). The van der Waals surface area contributed by atoms with Gasteiger partial charge in [-0.05, 0) is 49.7 Å². The van der Waals surface area contributed by atoms with Crippen molar-refractivity contribution in [3.05, 3.63) is 64.4 Å². The highest BCUT2D eigenvalue weighted by molar-refractivity contribution is 8.00. The highest BCUT2D eigenvalue weighted by Gasteiger charge is 2.22. The predicted octanol–water partition coefficient (Wildman–Crippen LogP) is 4.22. The minimum Gasteiger partial charge on any atom is -0.497 e. The van der Waals surface area contributed by atoms with E-state index >= 15 is 0 Å². The zero-order valence-electron chi connectivity index (χ0n) is 17.7. The second kappa shape index (κ2) is 8.93. The van der Waals surface area contributed by atoms with Gasteiger partial charge in [-0.3, -0.25) is 18.6 Å². The summed E-state index contributed by atoms with van der Waals surface area (Å²) in [6.07, 6.45) is 1.84. The molecule has 2 aromatic heterocycles. The van der Waals surface area contributed by atoms with E-state index in [9.17, 15) is 9.59 Å². The minimum absolute atomic E-state index is 0.00647. The molecule has 0 aliphatic rings. The fraction of sp³-hybridized carbons (Fsp3) is 0.304. The normalized spacial score (nSPS) is 12.4. The number of ether oxygens (including phenoxy) is 1. The number of carbonyl (C=O) groups excluding carboxylic acids is 1. The lowest BCUT2D eigenvalue weighted by Crippen LogP contribution is -2.23. The van der Waals surface area contributed by atoms with Crippen molar-refractivity contribution in [1.82, 2.24) is 19.2 Å². The molecule has 0 saturated heterocycles. The maximum atomic E-state index is 13.0. The van der Waals surface area contributed by atoms with E-state index in [1.807, 2.05) is 35.6 Å². The third-order valence-electron chi connectivity index (χ3n) is 5.24. The number of methoxy groups -OCH3 is 1. The zero-order valence-corrected chi connectivity index (χ0v) is 18.6. The molecule has 0 aliphatic carbocycles. The standard InChI is InChI=1S/C23H24N4O3S/c1-4-5-14-26-21(29)18-8-6-7-9-19(18)27-22(26)24-25-23(27)31-15(2)20(28)16-10-12-17(30-3)13-11-16/h6-13,15H,4-5,14H2,1-3H3. The maximum absolute atomic E-state index is 13.0. The van der Waals surface area contributed by atoms with Crippen LogP contribution in [0.4, 0.5) is 0 Å². The van der Waals surface area contributed by atoms with Gasteiger partial charge in [0.05, 0.1) is 23.3 Å². The summed E-state index contributed by atoms with van der Waals surface area (Å²) in [5.74, 6) is 1.20. The summed E-state index contributed by atoms with van der Waals surface area (Å²) in [6.45, 7) is 4.52. The van der Waals surface area contributed by atoms with Gasteiger partial charge in [0.15, 0.2) is 10.9 Å². The number of aryl methyl sites for hydroxylation is 1. The summed E-state index contributed by atoms with van der Waals surface area (Å²) < 4.78 is 8.73. The second-order valence-electron chi connectivity index (χ2n) is 7.30. The van der Waals surface area contributed by atoms with E-state index in [1.165, 1.54) is 11.8 Å². The van der Waals surface area contributed by atoms with Gasteiger partial charge in [0, 0.05) is 12.1 Å². The van der Waals surface area contributed by atoms with Crippen LogP contribution in [0, 0.1) is 0 Å². The first-order valence-electron chi connectivity index (χ1n) is 10.3. The van der Waals surface area contributed by atoms with Crippen molar-refractivity contribution in [3.8, 4) is 5.75 Å².